The van der Waals surface area contributed by atoms with Crippen LogP contribution >= 0.6 is 0 Å². The molecular formula is C28H48. The molecule has 4 fully saturated rings. The van der Waals surface area contributed by atoms with Gasteiger partial charge in [-0.25, -0.2) is 0 Å². The SMILES string of the molecule is C=C1C[C@]2(C)[C@@H]([C@H](C)CCCC(C)C)CC[C@H]2[C@@H]2CCC3CCCC[C@]3(C)[C@@H]12. The van der Waals surface area contributed by atoms with E-state index in [1.807, 2.05) is 0 Å². The molecule has 0 aromatic heterocycles. The van der Waals surface area contributed by atoms with Gasteiger partial charge in [0.25, 0.3) is 0 Å². The third-order valence-electron chi connectivity index (χ3n) is 10.6. The Labute approximate surface area is 176 Å². The van der Waals surface area contributed by atoms with Gasteiger partial charge in [0.2, 0.25) is 0 Å². The Balaban J connectivity index is 1.52. The van der Waals surface area contributed by atoms with E-state index in [1.165, 1.54) is 77.0 Å². The van der Waals surface area contributed by atoms with E-state index in [0.29, 0.717) is 10.8 Å². The highest BCUT2D eigenvalue weighted by atomic mass is 14.7. The van der Waals surface area contributed by atoms with Crippen molar-refractivity contribution in [3.63, 3.8) is 0 Å². The van der Waals surface area contributed by atoms with Crippen LogP contribution in [0.2, 0.25) is 0 Å². The third-order valence-corrected chi connectivity index (χ3v) is 10.6. The van der Waals surface area contributed by atoms with Crippen molar-refractivity contribution >= 4 is 0 Å². The summed E-state index contributed by atoms with van der Waals surface area (Å²) in [7, 11) is 0. The number of fused-ring (bicyclic) bond motifs is 5. The largest absolute Gasteiger partial charge is 0.0995 e. The molecule has 0 N–H and O–H groups in total. The highest BCUT2D eigenvalue weighted by molar-refractivity contribution is 5.22. The van der Waals surface area contributed by atoms with Crippen LogP contribution in [0.15, 0.2) is 12.2 Å². The van der Waals surface area contributed by atoms with Crippen LogP contribution in [0.25, 0.3) is 0 Å². The van der Waals surface area contributed by atoms with Crippen molar-refractivity contribution in [3.8, 4) is 0 Å². The number of allylic oxidation sites excluding steroid dienone is 1. The zero-order valence-corrected chi connectivity index (χ0v) is 19.7. The van der Waals surface area contributed by atoms with E-state index >= 15 is 0 Å². The molecule has 0 radical (unpaired) electrons. The Hall–Kier alpha value is -0.260. The average molecular weight is 385 g/mol. The molecule has 4 aliphatic carbocycles. The van der Waals surface area contributed by atoms with Crippen molar-refractivity contribution < 1.29 is 0 Å². The fourth-order valence-electron chi connectivity index (χ4n) is 9.41. The van der Waals surface area contributed by atoms with E-state index in [4.69, 9.17) is 6.58 Å². The molecule has 0 saturated heterocycles. The summed E-state index contributed by atoms with van der Waals surface area (Å²) in [4.78, 5) is 0. The summed E-state index contributed by atoms with van der Waals surface area (Å²) in [5.74, 6) is 6.49. The lowest BCUT2D eigenvalue weighted by atomic mass is 9.43. The van der Waals surface area contributed by atoms with Crippen molar-refractivity contribution in [2.24, 2.45) is 52.3 Å². The Kier molecular flexibility index (Phi) is 5.83. The smallest absolute Gasteiger partial charge is 0.0118 e. The summed E-state index contributed by atoms with van der Waals surface area (Å²) in [6.07, 6.45) is 17.6. The van der Waals surface area contributed by atoms with Crippen LogP contribution in [0.1, 0.15) is 112 Å². The van der Waals surface area contributed by atoms with Crippen molar-refractivity contribution in [2.45, 2.75) is 112 Å². The minimum Gasteiger partial charge on any atom is -0.0995 e. The second kappa shape index (κ2) is 7.77. The molecule has 4 aliphatic rings. The first-order chi connectivity index (χ1) is 13.3. The topological polar surface area (TPSA) is 0 Å². The van der Waals surface area contributed by atoms with Crippen LogP contribution in [0.3, 0.4) is 0 Å². The normalized spacial score (nSPS) is 46.8. The van der Waals surface area contributed by atoms with Gasteiger partial charge in [-0.3, -0.25) is 0 Å². The molecule has 0 bridgehead atoms. The van der Waals surface area contributed by atoms with Gasteiger partial charge in [0, 0.05) is 0 Å². The predicted octanol–water partition coefficient (Wildman–Crippen LogP) is 8.66. The van der Waals surface area contributed by atoms with Gasteiger partial charge < -0.3 is 0 Å². The molecule has 0 nitrogen and oxygen atoms in total. The molecule has 28 heavy (non-hydrogen) atoms. The summed E-state index contributed by atoms with van der Waals surface area (Å²) >= 11 is 0. The summed E-state index contributed by atoms with van der Waals surface area (Å²) in [5, 5.41) is 0. The number of rotatable bonds is 5. The van der Waals surface area contributed by atoms with Crippen LogP contribution in [-0.2, 0) is 0 Å². The highest BCUT2D eigenvalue weighted by Crippen LogP contribution is 2.69. The maximum atomic E-state index is 4.82. The van der Waals surface area contributed by atoms with E-state index in [1.54, 1.807) is 5.57 Å². The molecule has 0 spiro atoms. The van der Waals surface area contributed by atoms with Gasteiger partial charge in [-0.05, 0) is 97.2 Å². The van der Waals surface area contributed by atoms with Gasteiger partial charge in [0.15, 0.2) is 0 Å². The maximum Gasteiger partial charge on any atom is -0.0118 e. The van der Waals surface area contributed by atoms with Crippen molar-refractivity contribution in [1.29, 1.82) is 0 Å². The standard InChI is InChI=1S/C28H48/c1-19(2)10-9-11-20(3)24-15-16-25-23-14-13-22-12-7-8-17-27(22,5)26(23)21(4)18-28(24,25)6/h19-20,22-26H,4,7-18H2,1-3,5-6H3/t20-,22?,23+,24-,25+,26+,27+,28-/m1/s1. The highest BCUT2D eigenvalue weighted by Gasteiger charge is 2.61. The van der Waals surface area contributed by atoms with Gasteiger partial charge in [-0.1, -0.05) is 78.9 Å². The number of hydrogen-bond donors (Lipinski definition) is 0. The minimum atomic E-state index is 0.549. The Morgan fingerprint density at radius 3 is 2.46 bits per heavy atom. The first kappa shape index (κ1) is 21.0. The Morgan fingerprint density at radius 1 is 0.929 bits per heavy atom. The Bertz CT molecular complexity index is 573. The van der Waals surface area contributed by atoms with Crippen molar-refractivity contribution in [2.75, 3.05) is 0 Å². The summed E-state index contributed by atoms with van der Waals surface area (Å²) in [6.45, 7) is 17.6. The molecule has 0 aromatic rings. The fourth-order valence-corrected chi connectivity index (χ4v) is 9.41. The van der Waals surface area contributed by atoms with E-state index in [-0.39, 0.29) is 0 Å². The molecule has 8 atom stereocenters. The van der Waals surface area contributed by atoms with E-state index in [9.17, 15) is 0 Å². The minimum absolute atomic E-state index is 0.549. The van der Waals surface area contributed by atoms with Gasteiger partial charge in [0.1, 0.15) is 0 Å². The van der Waals surface area contributed by atoms with Gasteiger partial charge in [0.05, 0.1) is 0 Å². The lowest BCUT2D eigenvalue weighted by Crippen LogP contribution is -2.53. The van der Waals surface area contributed by atoms with Crippen molar-refractivity contribution in [1.82, 2.24) is 0 Å². The molecule has 0 aromatic carbocycles. The van der Waals surface area contributed by atoms with Crippen LogP contribution in [0.5, 0.6) is 0 Å². The first-order valence-corrected chi connectivity index (χ1v) is 12.9. The average Bonchev–Trinajstić information content (AvgIpc) is 2.97. The van der Waals surface area contributed by atoms with E-state index in [0.717, 1.165) is 41.4 Å². The summed E-state index contributed by atoms with van der Waals surface area (Å²) < 4.78 is 0. The zero-order chi connectivity index (χ0) is 20.1. The van der Waals surface area contributed by atoms with Crippen LogP contribution in [0, 0.1) is 52.3 Å². The van der Waals surface area contributed by atoms with Crippen LogP contribution in [-0.4, -0.2) is 0 Å². The lowest BCUT2D eigenvalue weighted by molar-refractivity contribution is -0.0844. The molecule has 1 unspecified atom stereocenters. The Morgan fingerprint density at radius 2 is 1.71 bits per heavy atom. The molecule has 160 valence electrons. The molecule has 4 saturated carbocycles. The van der Waals surface area contributed by atoms with Crippen LogP contribution < -0.4 is 0 Å². The maximum absolute atomic E-state index is 4.82. The second-order valence-electron chi connectivity index (χ2n) is 12.6. The molecule has 0 amide bonds. The fraction of sp³-hybridized carbons (Fsp3) is 0.929. The molecule has 4 rings (SSSR count). The van der Waals surface area contributed by atoms with E-state index < -0.39 is 0 Å². The first-order valence-electron chi connectivity index (χ1n) is 12.9. The molecule has 0 heteroatoms. The predicted molar refractivity (Wildman–Crippen MR) is 122 cm³/mol. The lowest BCUT2D eigenvalue weighted by Gasteiger charge is -2.61. The summed E-state index contributed by atoms with van der Waals surface area (Å²) in [6, 6.07) is 0. The number of hydrogen-bond acceptors (Lipinski definition) is 0. The molecular weight excluding hydrogens is 336 g/mol. The zero-order valence-electron chi connectivity index (χ0n) is 19.7. The second-order valence-corrected chi connectivity index (χ2v) is 12.6. The molecule has 0 heterocycles. The molecule has 0 aliphatic heterocycles. The quantitative estimate of drug-likeness (QED) is 0.416. The monoisotopic (exact) mass is 384 g/mol. The third kappa shape index (κ3) is 3.33. The summed E-state index contributed by atoms with van der Waals surface area (Å²) in [5.41, 5.74) is 2.81. The van der Waals surface area contributed by atoms with Gasteiger partial charge in [-0.15, -0.1) is 0 Å². The van der Waals surface area contributed by atoms with Gasteiger partial charge >= 0.3 is 0 Å². The van der Waals surface area contributed by atoms with Crippen molar-refractivity contribution in [3.05, 3.63) is 12.2 Å². The van der Waals surface area contributed by atoms with Crippen LogP contribution in [0.4, 0.5) is 0 Å². The van der Waals surface area contributed by atoms with Gasteiger partial charge in [-0.2, -0.15) is 0 Å². The van der Waals surface area contributed by atoms with E-state index in [2.05, 4.69) is 34.6 Å².